The van der Waals surface area contributed by atoms with Crippen molar-refractivity contribution in [3.63, 3.8) is 0 Å². The van der Waals surface area contributed by atoms with Gasteiger partial charge in [-0.15, -0.1) is 0 Å². The van der Waals surface area contributed by atoms with E-state index in [1.54, 1.807) is 7.11 Å². The Balaban J connectivity index is 1.82. The van der Waals surface area contributed by atoms with Crippen molar-refractivity contribution < 1.29 is 9.53 Å². The first kappa shape index (κ1) is 15.6. The number of rotatable bonds is 4. The molecule has 1 amide bonds. The highest BCUT2D eigenvalue weighted by atomic mass is 16.5. The summed E-state index contributed by atoms with van der Waals surface area (Å²) >= 11 is 0. The van der Waals surface area contributed by atoms with E-state index >= 15 is 0 Å². The fourth-order valence-corrected chi connectivity index (χ4v) is 2.87. The van der Waals surface area contributed by atoms with Crippen molar-refractivity contribution in [3.05, 3.63) is 48.5 Å². The van der Waals surface area contributed by atoms with Gasteiger partial charge in [-0.25, -0.2) is 15.8 Å². The van der Waals surface area contributed by atoms with E-state index in [-0.39, 0.29) is 11.9 Å². The van der Waals surface area contributed by atoms with E-state index < -0.39 is 0 Å². The van der Waals surface area contributed by atoms with E-state index in [1.165, 1.54) is 0 Å². The molecule has 2 heterocycles. The van der Waals surface area contributed by atoms with Gasteiger partial charge in [-0.05, 0) is 24.3 Å². The average molecular weight is 338 g/mol. The van der Waals surface area contributed by atoms with Crippen LogP contribution < -0.4 is 26.4 Å². The molecule has 2 aromatic carbocycles. The number of para-hydroxylation sites is 4. The molecule has 1 atom stereocenters. The number of nitrogens with zero attached hydrogens (tertiary/aromatic N) is 2. The second-order valence-electron chi connectivity index (χ2n) is 5.62. The standard InChI is InChI=1S/C17H18N6O2/c1-25-15-9-5-4-8-14(15)23-13-7-3-2-6-11(13)19-17(23)20-16(24)12-10-18-22-21-12/h2-9,12,18,21-22H,10H2,1H3,(H,19,20,24). The topological polar surface area (TPSA) is 92.2 Å². The molecule has 3 aromatic rings. The number of carbonyl (C=O) groups is 1. The first-order valence-electron chi connectivity index (χ1n) is 7.93. The van der Waals surface area contributed by atoms with Crippen LogP contribution >= 0.6 is 0 Å². The molecule has 0 spiro atoms. The predicted molar refractivity (Wildman–Crippen MR) is 94.3 cm³/mol. The number of fused-ring (bicyclic) bond motifs is 1. The molecule has 128 valence electrons. The first-order valence-corrected chi connectivity index (χ1v) is 7.93. The molecule has 1 aromatic heterocycles. The molecule has 0 aliphatic carbocycles. The van der Waals surface area contributed by atoms with Gasteiger partial charge >= 0.3 is 0 Å². The molecule has 1 saturated heterocycles. The lowest BCUT2D eigenvalue weighted by Crippen LogP contribution is -2.41. The second kappa shape index (κ2) is 6.52. The van der Waals surface area contributed by atoms with Crippen LogP contribution in [0.4, 0.5) is 5.95 Å². The molecular formula is C17H18N6O2. The summed E-state index contributed by atoms with van der Waals surface area (Å²) in [5.74, 6) is 0.969. The number of hydrazine groups is 2. The van der Waals surface area contributed by atoms with Crippen molar-refractivity contribution in [1.82, 2.24) is 25.9 Å². The quantitative estimate of drug-likeness (QED) is 0.566. The highest BCUT2D eigenvalue weighted by Gasteiger charge is 2.24. The van der Waals surface area contributed by atoms with Crippen molar-refractivity contribution in [2.75, 3.05) is 19.0 Å². The smallest absolute Gasteiger partial charge is 0.246 e. The molecule has 25 heavy (non-hydrogen) atoms. The Kier molecular flexibility index (Phi) is 4.06. The minimum atomic E-state index is -0.383. The van der Waals surface area contributed by atoms with Crippen molar-refractivity contribution >= 4 is 22.9 Å². The fraction of sp³-hybridized carbons (Fsp3) is 0.176. The van der Waals surface area contributed by atoms with Crippen molar-refractivity contribution in [1.29, 1.82) is 0 Å². The number of ether oxygens (including phenoxy) is 1. The summed E-state index contributed by atoms with van der Waals surface area (Å²) in [7, 11) is 1.62. The lowest BCUT2D eigenvalue weighted by atomic mass is 10.2. The molecule has 0 bridgehead atoms. The van der Waals surface area contributed by atoms with Crippen LogP contribution in [-0.2, 0) is 4.79 Å². The number of hydrogen-bond acceptors (Lipinski definition) is 6. The number of carbonyl (C=O) groups excluding carboxylic acids is 1. The SMILES string of the molecule is COc1ccccc1-n1c(NC(=O)C2CNNN2)nc2ccccc21. The Morgan fingerprint density at radius 3 is 2.84 bits per heavy atom. The molecule has 0 saturated carbocycles. The van der Waals surface area contributed by atoms with Crippen LogP contribution in [0.2, 0.25) is 0 Å². The molecule has 8 heteroatoms. The van der Waals surface area contributed by atoms with E-state index in [0.29, 0.717) is 18.2 Å². The molecule has 4 N–H and O–H groups in total. The summed E-state index contributed by atoms with van der Waals surface area (Å²) in [5.41, 5.74) is 10.9. The van der Waals surface area contributed by atoms with Crippen LogP contribution in [0.15, 0.2) is 48.5 Å². The Labute approximate surface area is 144 Å². The van der Waals surface area contributed by atoms with Gasteiger partial charge in [0.15, 0.2) is 0 Å². The summed E-state index contributed by atoms with van der Waals surface area (Å²) in [6.07, 6.45) is 0. The normalized spacial score (nSPS) is 16.9. The molecule has 4 rings (SSSR count). The predicted octanol–water partition coefficient (Wildman–Crippen LogP) is 0.954. The molecule has 0 radical (unpaired) electrons. The van der Waals surface area contributed by atoms with E-state index in [9.17, 15) is 4.79 Å². The molecule has 8 nitrogen and oxygen atoms in total. The van der Waals surface area contributed by atoms with Crippen LogP contribution in [-0.4, -0.2) is 35.2 Å². The molecule has 1 unspecified atom stereocenters. The Morgan fingerprint density at radius 2 is 2.04 bits per heavy atom. The minimum absolute atomic E-state index is 0.177. The van der Waals surface area contributed by atoms with Gasteiger partial charge in [0.05, 0.1) is 23.8 Å². The van der Waals surface area contributed by atoms with E-state index in [0.717, 1.165) is 16.7 Å². The summed E-state index contributed by atoms with van der Waals surface area (Å²) in [6.45, 7) is 0.487. The maximum Gasteiger partial charge on any atom is 0.246 e. The Hall–Kier alpha value is -2.94. The lowest BCUT2D eigenvalue weighted by Gasteiger charge is -2.14. The zero-order chi connectivity index (χ0) is 17.2. The number of amides is 1. The molecular weight excluding hydrogens is 320 g/mol. The third kappa shape index (κ3) is 2.82. The zero-order valence-electron chi connectivity index (χ0n) is 13.6. The van der Waals surface area contributed by atoms with E-state index in [4.69, 9.17) is 4.74 Å². The number of methoxy groups -OCH3 is 1. The Morgan fingerprint density at radius 1 is 1.24 bits per heavy atom. The number of aromatic nitrogens is 2. The number of anilines is 1. The van der Waals surface area contributed by atoms with Crippen LogP contribution in [0.3, 0.4) is 0 Å². The zero-order valence-corrected chi connectivity index (χ0v) is 13.6. The van der Waals surface area contributed by atoms with Gasteiger partial charge in [-0.3, -0.25) is 14.7 Å². The molecule has 1 aliphatic rings. The van der Waals surface area contributed by atoms with Gasteiger partial charge in [0.2, 0.25) is 11.9 Å². The van der Waals surface area contributed by atoms with Gasteiger partial charge < -0.3 is 4.74 Å². The highest BCUT2D eigenvalue weighted by Crippen LogP contribution is 2.30. The van der Waals surface area contributed by atoms with Crippen LogP contribution in [0, 0.1) is 0 Å². The van der Waals surface area contributed by atoms with Crippen LogP contribution in [0.1, 0.15) is 0 Å². The van der Waals surface area contributed by atoms with Crippen molar-refractivity contribution in [2.24, 2.45) is 0 Å². The number of benzene rings is 2. The largest absolute Gasteiger partial charge is 0.495 e. The van der Waals surface area contributed by atoms with E-state index in [2.05, 4.69) is 26.7 Å². The van der Waals surface area contributed by atoms with E-state index in [1.807, 2.05) is 53.1 Å². The summed E-state index contributed by atoms with van der Waals surface area (Å²) < 4.78 is 7.37. The van der Waals surface area contributed by atoms with Crippen molar-refractivity contribution in [3.8, 4) is 11.4 Å². The van der Waals surface area contributed by atoms with Crippen LogP contribution in [0.5, 0.6) is 5.75 Å². The number of hydrogen-bond donors (Lipinski definition) is 4. The van der Waals surface area contributed by atoms with Gasteiger partial charge in [0.25, 0.3) is 0 Å². The second-order valence-corrected chi connectivity index (χ2v) is 5.62. The fourth-order valence-electron chi connectivity index (χ4n) is 2.87. The summed E-state index contributed by atoms with van der Waals surface area (Å²) in [6, 6.07) is 15.0. The minimum Gasteiger partial charge on any atom is -0.495 e. The molecule has 1 fully saturated rings. The van der Waals surface area contributed by atoms with Gasteiger partial charge in [-0.1, -0.05) is 24.3 Å². The maximum atomic E-state index is 12.5. The Bertz CT molecular complexity index is 916. The first-order chi connectivity index (χ1) is 12.3. The van der Waals surface area contributed by atoms with Gasteiger partial charge in [-0.2, -0.15) is 5.53 Å². The third-order valence-electron chi connectivity index (χ3n) is 4.08. The highest BCUT2D eigenvalue weighted by molar-refractivity contribution is 5.96. The average Bonchev–Trinajstić information content (AvgIpc) is 3.29. The van der Waals surface area contributed by atoms with Gasteiger partial charge in [0, 0.05) is 6.54 Å². The monoisotopic (exact) mass is 338 g/mol. The van der Waals surface area contributed by atoms with Gasteiger partial charge in [0.1, 0.15) is 11.8 Å². The third-order valence-corrected chi connectivity index (χ3v) is 4.08. The summed E-state index contributed by atoms with van der Waals surface area (Å²) in [4.78, 5) is 17.1. The maximum absolute atomic E-state index is 12.5. The number of imidazole rings is 1. The molecule has 1 aliphatic heterocycles. The summed E-state index contributed by atoms with van der Waals surface area (Å²) in [5, 5.41) is 2.91. The number of nitrogens with one attached hydrogen (secondary N) is 4. The lowest BCUT2D eigenvalue weighted by molar-refractivity contribution is -0.117. The van der Waals surface area contributed by atoms with Crippen LogP contribution in [0.25, 0.3) is 16.7 Å². The van der Waals surface area contributed by atoms with Crippen molar-refractivity contribution in [2.45, 2.75) is 6.04 Å².